The predicted molar refractivity (Wildman–Crippen MR) is 208 cm³/mol. The first-order valence-electron chi connectivity index (χ1n) is 19.5. The quantitative estimate of drug-likeness (QED) is 0.157. The summed E-state index contributed by atoms with van der Waals surface area (Å²) in [6.45, 7) is 19.7. The molecule has 1 aliphatic rings. The molecular formula is C41H69N5O7. The molecule has 3 N–H and O–H groups in total. The van der Waals surface area contributed by atoms with E-state index in [4.69, 9.17) is 9.47 Å². The molecule has 300 valence electrons. The molecule has 12 heteroatoms. The highest BCUT2D eigenvalue weighted by molar-refractivity contribution is 6.01. The van der Waals surface area contributed by atoms with Gasteiger partial charge in [0.25, 0.3) is 0 Å². The van der Waals surface area contributed by atoms with Gasteiger partial charge < -0.3 is 35.2 Å². The minimum atomic E-state index is -0.772. The van der Waals surface area contributed by atoms with Crippen molar-refractivity contribution in [2.45, 2.75) is 143 Å². The van der Waals surface area contributed by atoms with Crippen LogP contribution in [0.1, 0.15) is 105 Å². The smallest absolute Gasteiger partial charge is 0.245 e. The minimum absolute atomic E-state index is 0.0195. The first-order chi connectivity index (χ1) is 24.9. The summed E-state index contributed by atoms with van der Waals surface area (Å²) in [7, 11) is 4.83. The molecule has 53 heavy (non-hydrogen) atoms. The lowest BCUT2D eigenvalue weighted by Crippen LogP contribution is -2.60. The predicted octanol–water partition coefficient (Wildman–Crippen LogP) is 4.46. The zero-order valence-electron chi connectivity index (χ0n) is 34.6. The molecule has 1 aromatic carbocycles. The Balaban J connectivity index is 2.25. The van der Waals surface area contributed by atoms with E-state index in [-0.39, 0.29) is 65.7 Å². The maximum absolute atomic E-state index is 14.2. The number of nitrogens with one attached hydrogen (secondary N) is 3. The zero-order valence-corrected chi connectivity index (χ0v) is 34.6. The number of methoxy groups -OCH3 is 2. The molecule has 4 amide bonds. The number of likely N-dealkylation sites (tertiary alicyclic amines) is 1. The van der Waals surface area contributed by atoms with Crippen molar-refractivity contribution in [3.63, 3.8) is 0 Å². The number of hydrogen-bond donors (Lipinski definition) is 3. The normalized spacial score (nSPS) is 19.2. The number of ketones is 1. The number of carbonyl (C=O) groups excluding carboxylic acids is 5. The molecule has 0 saturated carbocycles. The molecule has 1 heterocycles. The Morgan fingerprint density at radius 1 is 0.849 bits per heavy atom. The van der Waals surface area contributed by atoms with Crippen molar-refractivity contribution in [3.8, 4) is 0 Å². The highest BCUT2D eigenvalue weighted by atomic mass is 16.5. The van der Waals surface area contributed by atoms with E-state index < -0.39 is 42.3 Å². The maximum Gasteiger partial charge on any atom is 0.245 e. The van der Waals surface area contributed by atoms with Crippen LogP contribution in [-0.4, -0.2) is 115 Å². The topological polar surface area (TPSA) is 146 Å². The Labute approximate surface area is 318 Å². The van der Waals surface area contributed by atoms with E-state index in [1.807, 2.05) is 61.5 Å². The fourth-order valence-electron chi connectivity index (χ4n) is 7.47. The van der Waals surface area contributed by atoms with Crippen molar-refractivity contribution in [1.29, 1.82) is 0 Å². The van der Waals surface area contributed by atoms with E-state index in [1.54, 1.807) is 62.1 Å². The summed E-state index contributed by atoms with van der Waals surface area (Å²) in [4.78, 5) is 71.7. The van der Waals surface area contributed by atoms with Crippen LogP contribution in [0, 0.1) is 23.7 Å². The summed E-state index contributed by atoms with van der Waals surface area (Å²) in [5.41, 5.74) is 0.516. The van der Waals surface area contributed by atoms with E-state index >= 15 is 0 Å². The van der Waals surface area contributed by atoms with E-state index in [1.165, 1.54) is 7.11 Å². The molecule has 1 fully saturated rings. The number of benzene rings is 1. The first-order valence-corrected chi connectivity index (χ1v) is 19.5. The Kier molecular flexibility index (Phi) is 18.6. The van der Waals surface area contributed by atoms with E-state index in [0.717, 1.165) is 12.8 Å². The van der Waals surface area contributed by atoms with Gasteiger partial charge in [0.15, 0.2) is 5.78 Å². The lowest BCUT2D eigenvalue weighted by atomic mass is 9.89. The third kappa shape index (κ3) is 12.3. The number of likely N-dealkylation sites (N-methyl/N-ethyl adjacent to an activating group) is 1. The van der Waals surface area contributed by atoms with Gasteiger partial charge in [0.1, 0.15) is 6.04 Å². The van der Waals surface area contributed by atoms with Crippen molar-refractivity contribution in [3.05, 3.63) is 35.9 Å². The molecule has 0 aromatic heterocycles. The zero-order chi connectivity index (χ0) is 40.2. The van der Waals surface area contributed by atoms with Crippen LogP contribution in [-0.2, 0) is 28.7 Å². The van der Waals surface area contributed by atoms with Crippen LogP contribution in [0.4, 0.5) is 0 Å². The molecule has 0 aliphatic carbocycles. The Hall–Kier alpha value is -3.35. The molecular weight excluding hydrogens is 674 g/mol. The molecule has 12 nitrogen and oxygen atoms in total. The average molecular weight is 744 g/mol. The number of carbonyl (C=O) groups is 5. The summed E-state index contributed by atoms with van der Waals surface area (Å²) >= 11 is 0. The third-order valence-electron chi connectivity index (χ3n) is 10.8. The average Bonchev–Trinajstić information content (AvgIpc) is 3.61. The van der Waals surface area contributed by atoms with Crippen LogP contribution in [0.3, 0.4) is 0 Å². The highest BCUT2D eigenvalue weighted by Crippen LogP contribution is 2.30. The molecule has 0 bridgehead atoms. The molecule has 9 atom stereocenters. The molecule has 0 radical (unpaired) electrons. The van der Waals surface area contributed by atoms with E-state index in [9.17, 15) is 24.0 Å². The number of hydrogen-bond acceptors (Lipinski definition) is 8. The van der Waals surface area contributed by atoms with E-state index in [2.05, 4.69) is 16.0 Å². The Morgan fingerprint density at radius 3 is 1.96 bits per heavy atom. The van der Waals surface area contributed by atoms with Gasteiger partial charge >= 0.3 is 0 Å². The number of ether oxygens (including phenoxy) is 2. The fraction of sp³-hybridized carbons (Fsp3) is 0.732. The van der Waals surface area contributed by atoms with Crippen molar-refractivity contribution >= 4 is 29.4 Å². The second-order valence-electron chi connectivity index (χ2n) is 15.8. The lowest BCUT2D eigenvalue weighted by Gasteiger charge is -2.41. The van der Waals surface area contributed by atoms with Crippen molar-refractivity contribution in [2.75, 3.05) is 27.8 Å². The van der Waals surface area contributed by atoms with Crippen LogP contribution in [0.2, 0.25) is 0 Å². The van der Waals surface area contributed by atoms with Crippen LogP contribution in [0.5, 0.6) is 0 Å². The van der Waals surface area contributed by atoms with Crippen LogP contribution >= 0.6 is 0 Å². The maximum atomic E-state index is 14.2. The van der Waals surface area contributed by atoms with Gasteiger partial charge in [-0.25, -0.2) is 0 Å². The summed E-state index contributed by atoms with van der Waals surface area (Å²) in [5, 5.41) is 9.20. The fourth-order valence-corrected chi connectivity index (χ4v) is 7.47. The number of Topliss-reactive ketones (excluding diaryl/α,β-unsaturated/α-hetero) is 1. The van der Waals surface area contributed by atoms with Gasteiger partial charge in [0, 0.05) is 39.4 Å². The minimum Gasteiger partial charge on any atom is -0.379 e. The number of amides is 4. The van der Waals surface area contributed by atoms with Gasteiger partial charge in [-0.2, -0.15) is 0 Å². The van der Waals surface area contributed by atoms with Crippen LogP contribution in [0.15, 0.2) is 30.3 Å². The Bertz CT molecular complexity index is 1340. The van der Waals surface area contributed by atoms with Crippen molar-refractivity contribution in [1.82, 2.24) is 25.8 Å². The summed E-state index contributed by atoms with van der Waals surface area (Å²) in [5.74, 6) is -1.96. The van der Waals surface area contributed by atoms with E-state index in [0.29, 0.717) is 18.5 Å². The van der Waals surface area contributed by atoms with Crippen LogP contribution < -0.4 is 16.0 Å². The van der Waals surface area contributed by atoms with Gasteiger partial charge in [0.05, 0.1) is 48.7 Å². The SMILES string of the molecule is CC[C@H](C)[C@@H]([C@@H](CC(=O)N1CCC[C@H]1[C@H](OC)[C@@H](C)C(=O)N[C@H](C)C(=O)c1ccccc1)OC)N(C)C(=O)[C@@H](NC(=O)[C@@H](NC(C)C)C(C)C)C(C)C. The van der Waals surface area contributed by atoms with Gasteiger partial charge in [-0.05, 0) is 37.5 Å². The summed E-state index contributed by atoms with van der Waals surface area (Å²) in [6.07, 6.45) is 0.922. The molecule has 1 saturated heterocycles. The molecule has 1 aromatic rings. The summed E-state index contributed by atoms with van der Waals surface area (Å²) < 4.78 is 11.9. The molecule has 0 unspecified atom stereocenters. The second-order valence-corrected chi connectivity index (χ2v) is 15.8. The first kappa shape index (κ1) is 45.8. The van der Waals surface area contributed by atoms with Gasteiger partial charge in [-0.1, -0.05) is 99.1 Å². The summed E-state index contributed by atoms with van der Waals surface area (Å²) in [6, 6.07) is 6.14. The second kappa shape index (κ2) is 21.5. The Morgan fingerprint density at radius 2 is 1.45 bits per heavy atom. The van der Waals surface area contributed by atoms with Gasteiger partial charge in [-0.3, -0.25) is 24.0 Å². The largest absolute Gasteiger partial charge is 0.379 e. The molecule has 1 aliphatic heterocycles. The highest BCUT2D eigenvalue weighted by Gasteiger charge is 2.43. The standard InChI is InChI=1S/C41H69N5O7/c1-14-27(8)36(45(11)41(51)35(25(4)5)44-40(50)34(24(2)3)42-26(6)7)32(52-12)23-33(47)46-22-18-21-31(46)38(53-13)28(9)39(49)43-29(10)37(48)30-19-16-15-17-20-30/h15-17,19-20,24-29,31-32,34-36,38,42H,14,18,21-23H2,1-13H3,(H,43,49)(H,44,50)/t27-,28+,29+,31-,32+,34-,35-,36-,38+/m0/s1. The van der Waals surface area contributed by atoms with Gasteiger partial charge in [0.2, 0.25) is 23.6 Å². The van der Waals surface area contributed by atoms with Crippen molar-refractivity contribution in [2.24, 2.45) is 23.7 Å². The number of rotatable bonds is 21. The third-order valence-corrected chi connectivity index (χ3v) is 10.8. The lowest BCUT2D eigenvalue weighted by molar-refractivity contribution is -0.147. The monoisotopic (exact) mass is 744 g/mol. The van der Waals surface area contributed by atoms with Crippen molar-refractivity contribution < 1.29 is 33.4 Å². The molecule has 2 rings (SSSR count). The van der Waals surface area contributed by atoms with Crippen LogP contribution in [0.25, 0.3) is 0 Å². The van der Waals surface area contributed by atoms with Gasteiger partial charge in [-0.15, -0.1) is 0 Å². The number of nitrogens with zero attached hydrogens (tertiary/aromatic N) is 2. The molecule has 0 spiro atoms.